The van der Waals surface area contributed by atoms with Crippen molar-refractivity contribution in [2.24, 2.45) is 5.73 Å². The Kier molecular flexibility index (Phi) is 4.45. The second-order valence-corrected chi connectivity index (χ2v) is 6.26. The van der Waals surface area contributed by atoms with Crippen molar-refractivity contribution in [3.05, 3.63) is 77.2 Å². The molecule has 2 aromatic heterocycles. The molecule has 132 valence electrons. The van der Waals surface area contributed by atoms with E-state index in [0.29, 0.717) is 30.3 Å². The van der Waals surface area contributed by atoms with Crippen LogP contribution in [0, 0.1) is 0 Å². The van der Waals surface area contributed by atoms with E-state index in [1.807, 2.05) is 18.2 Å². The molecule has 1 saturated heterocycles. The number of carbonyl (C=O) groups is 1. The lowest BCUT2D eigenvalue weighted by atomic mass is 9.96. The Morgan fingerprint density at radius 3 is 3.00 bits per heavy atom. The van der Waals surface area contributed by atoms with Crippen LogP contribution in [-0.4, -0.2) is 27.6 Å². The normalized spacial score (nSPS) is 19.5. The second-order valence-electron chi connectivity index (χ2n) is 6.26. The molecule has 3 aromatic rings. The van der Waals surface area contributed by atoms with Crippen LogP contribution in [0.2, 0.25) is 0 Å². The van der Waals surface area contributed by atoms with E-state index in [0.717, 1.165) is 17.5 Å². The van der Waals surface area contributed by atoms with Crippen molar-refractivity contribution in [2.45, 2.75) is 24.9 Å². The molecule has 0 bridgehead atoms. The van der Waals surface area contributed by atoms with Crippen molar-refractivity contribution in [3.8, 4) is 0 Å². The first-order chi connectivity index (χ1) is 12.7. The molecule has 2 atom stereocenters. The lowest BCUT2D eigenvalue weighted by Gasteiger charge is -2.14. The number of primary amides is 1. The number of aromatic nitrogens is 3. The zero-order valence-electron chi connectivity index (χ0n) is 14.0. The fraction of sp³-hybridized carbons (Fsp3) is 0.263. The Morgan fingerprint density at radius 2 is 2.19 bits per heavy atom. The van der Waals surface area contributed by atoms with Crippen LogP contribution in [0.15, 0.2) is 53.3 Å². The van der Waals surface area contributed by atoms with Gasteiger partial charge in [-0.25, -0.2) is 0 Å². The van der Waals surface area contributed by atoms with Crippen LogP contribution in [0.3, 0.4) is 0 Å². The number of hydrogen-bond acceptors (Lipinski definition) is 6. The molecule has 1 aliphatic rings. The second kappa shape index (κ2) is 7.05. The van der Waals surface area contributed by atoms with Gasteiger partial charge in [0.15, 0.2) is 5.82 Å². The number of hydrogen-bond donors (Lipinski definition) is 1. The van der Waals surface area contributed by atoms with Crippen LogP contribution >= 0.6 is 0 Å². The Labute approximate surface area is 150 Å². The molecule has 0 aliphatic carbocycles. The molecule has 4 rings (SSSR count). The van der Waals surface area contributed by atoms with Gasteiger partial charge in [0, 0.05) is 31.0 Å². The Bertz CT molecular complexity index is 910. The van der Waals surface area contributed by atoms with Crippen molar-refractivity contribution in [1.82, 2.24) is 15.1 Å². The Morgan fingerprint density at radius 1 is 1.27 bits per heavy atom. The smallest absolute Gasteiger partial charge is 0.248 e. The van der Waals surface area contributed by atoms with Crippen LogP contribution < -0.4 is 5.73 Å². The third kappa shape index (κ3) is 3.34. The average Bonchev–Trinajstić information content (AvgIpc) is 3.32. The van der Waals surface area contributed by atoms with Crippen LogP contribution in [0.4, 0.5) is 0 Å². The van der Waals surface area contributed by atoms with Crippen molar-refractivity contribution in [1.29, 1.82) is 0 Å². The van der Waals surface area contributed by atoms with Gasteiger partial charge in [-0.2, -0.15) is 4.98 Å². The van der Waals surface area contributed by atoms with E-state index in [1.165, 1.54) is 0 Å². The lowest BCUT2D eigenvalue weighted by molar-refractivity contribution is 0.0983. The summed E-state index contributed by atoms with van der Waals surface area (Å²) in [4.78, 5) is 20.0. The molecule has 1 aliphatic heterocycles. The number of pyridine rings is 1. The zero-order valence-corrected chi connectivity index (χ0v) is 14.0. The highest BCUT2D eigenvalue weighted by Gasteiger charge is 2.35. The summed E-state index contributed by atoms with van der Waals surface area (Å²) in [5.41, 5.74) is 7.70. The summed E-state index contributed by atoms with van der Waals surface area (Å²) in [5, 5.41) is 4.09. The minimum absolute atomic E-state index is 0.0115. The van der Waals surface area contributed by atoms with Gasteiger partial charge in [0.05, 0.1) is 12.0 Å². The highest BCUT2D eigenvalue weighted by atomic mass is 16.5. The van der Waals surface area contributed by atoms with E-state index >= 15 is 0 Å². The molecule has 1 fully saturated rings. The van der Waals surface area contributed by atoms with E-state index in [1.54, 1.807) is 30.6 Å². The largest absolute Gasteiger partial charge is 0.373 e. The number of benzene rings is 1. The monoisotopic (exact) mass is 350 g/mol. The van der Waals surface area contributed by atoms with Gasteiger partial charge >= 0.3 is 0 Å². The maximum Gasteiger partial charge on any atom is 0.248 e. The van der Waals surface area contributed by atoms with Crippen molar-refractivity contribution >= 4 is 5.91 Å². The van der Waals surface area contributed by atoms with E-state index in [2.05, 4.69) is 15.1 Å². The van der Waals surface area contributed by atoms with Crippen LogP contribution in [-0.2, 0) is 11.2 Å². The molecule has 1 aromatic carbocycles. The molecule has 26 heavy (non-hydrogen) atoms. The van der Waals surface area contributed by atoms with Crippen LogP contribution in [0.25, 0.3) is 0 Å². The van der Waals surface area contributed by atoms with Crippen LogP contribution in [0.5, 0.6) is 0 Å². The van der Waals surface area contributed by atoms with Crippen LogP contribution in [0.1, 0.15) is 51.6 Å². The highest BCUT2D eigenvalue weighted by Crippen LogP contribution is 2.40. The van der Waals surface area contributed by atoms with Gasteiger partial charge in [-0.15, -0.1) is 0 Å². The number of nitrogens with zero attached hydrogens (tertiary/aromatic N) is 3. The minimum Gasteiger partial charge on any atom is -0.373 e. The predicted molar refractivity (Wildman–Crippen MR) is 92.4 cm³/mol. The minimum atomic E-state index is -0.455. The van der Waals surface area contributed by atoms with E-state index < -0.39 is 5.91 Å². The molecule has 0 spiro atoms. The Balaban J connectivity index is 1.53. The summed E-state index contributed by atoms with van der Waals surface area (Å²) in [6.07, 6.45) is 4.69. The summed E-state index contributed by atoms with van der Waals surface area (Å²) < 4.78 is 11.4. The van der Waals surface area contributed by atoms with E-state index in [9.17, 15) is 4.79 Å². The summed E-state index contributed by atoms with van der Waals surface area (Å²) in [6.45, 7) is 0.641. The third-order valence-electron chi connectivity index (χ3n) is 4.48. The molecule has 1 amide bonds. The highest BCUT2D eigenvalue weighted by molar-refractivity contribution is 5.92. The molecule has 0 saturated carbocycles. The van der Waals surface area contributed by atoms with Gasteiger partial charge in [-0.3, -0.25) is 9.78 Å². The quantitative estimate of drug-likeness (QED) is 0.758. The van der Waals surface area contributed by atoms with E-state index in [-0.39, 0.29) is 12.0 Å². The summed E-state index contributed by atoms with van der Waals surface area (Å²) in [6, 6.07) is 11.0. The standard InChI is InChI=1S/C19H18N4O3/c20-18(24)13-4-1-3-12(9-13)10-16-22-19(26-23-16)15-6-8-25-17(15)14-5-2-7-21-11-14/h1-5,7,9,11,15,17H,6,8,10H2,(H2,20,24)/t15-,17+/m0/s1. The van der Waals surface area contributed by atoms with Crippen molar-refractivity contribution in [2.75, 3.05) is 6.61 Å². The average molecular weight is 350 g/mol. The van der Waals surface area contributed by atoms with Crippen molar-refractivity contribution < 1.29 is 14.1 Å². The number of ether oxygens (including phenoxy) is 1. The maximum absolute atomic E-state index is 11.3. The first kappa shape index (κ1) is 16.4. The first-order valence-corrected chi connectivity index (χ1v) is 8.43. The molecular weight excluding hydrogens is 332 g/mol. The number of carbonyl (C=O) groups excluding carboxylic acids is 1. The van der Waals surface area contributed by atoms with Crippen molar-refractivity contribution in [3.63, 3.8) is 0 Å². The molecule has 2 N–H and O–H groups in total. The molecule has 7 nitrogen and oxygen atoms in total. The molecule has 3 heterocycles. The number of amides is 1. The van der Waals surface area contributed by atoms with Gasteiger partial charge in [-0.1, -0.05) is 23.4 Å². The predicted octanol–water partition coefficient (Wildman–Crippen LogP) is 2.40. The summed E-state index contributed by atoms with van der Waals surface area (Å²) in [7, 11) is 0. The SMILES string of the molecule is NC(=O)c1cccc(Cc2noc([C@H]3CCO[C@@H]3c3cccnc3)n2)c1. The first-order valence-electron chi connectivity index (χ1n) is 8.43. The van der Waals surface area contributed by atoms with Gasteiger partial charge in [0.25, 0.3) is 0 Å². The zero-order chi connectivity index (χ0) is 17.9. The fourth-order valence-electron chi connectivity index (χ4n) is 3.22. The summed E-state index contributed by atoms with van der Waals surface area (Å²) in [5.74, 6) is 0.691. The van der Waals surface area contributed by atoms with Gasteiger partial charge in [-0.05, 0) is 35.7 Å². The molecular formula is C19H18N4O3. The molecule has 0 radical (unpaired) electrons. The number of rotatable bonds is 5. The maximum atomic E-state index is 11.3. The van der Waals surface area contributed by atoms with Gasteiger partial charge in [0.2, 0.25) is 11.8 Å². The lowest BCUT2D eigenvalue weighted by Crippen LogP contribution is -2.11. The van der Waals surface area contributed by atoms with E-state index in [4.69, 9.17) is 15.0 Å². The third-order valence-corrected chi connectivity index (χ3v) is 4.48. The van der Waals surface area contributed by atoms with Gasteiger partial charge in [0.1, 0.15) is 0 Å². The molecule has 0 unspecified atom stereocenters. The summed E-state index contributed by atoms with van der Waals surface area (Å²) >= 11 is 0. The van der Waals surface area contributed by atoms with Gasteiger partial charge < -0.3 is 15.0 Å². The number of nitrogens with two attached hydrogens (primary N) is 1. The fourth-order valence-corrected chi connectivity index (χ4v) is 3.22. The molecule has 7 heteroatoms. The Hall–Kier alpha value is -3.06. The topological polar surface area (TPSA) is 104 Å².